The summed E-state index contributed by atoms with van der Waals surface area (Å²) in [6.45, 7) is 1.77. The van der Waals surface area contributed by atoms with Crippen molar-refractivity contribution < 1.29 is 9.84 Å². The molecule has 0 atom stereocenters. The van der Waals surface area contributed by atoms with E-state index in [9.17, 15) is 5.11 Å². The molecule has 0 unspecified atom stereocenters. The Hall–Kier alpha value is -0.870. The Balaban J connectivity index is 1.86. The van der Waals surface area contributed by atoms with Gasteiger partial charge in [0.15, 0.2) is 0 Å². The van der Waals surface area contributed by atoms with Gasteiger partial charge in [0.2, 0.25) is 0 Å². The Morgan fingerprint density at radius 2 is 2.12 bits per heavy atom. The molecule has 1 aliphatic rings. The summed E-state index contributed by atoms with van der Waals surface area (Å²) in [6.07, 6.45) is 2.27. The fourth-order valence-electron chi connectivity index (χ4n) is 1.75. The molecule has 1 saturated heterocycles. The first-order valence-corrected chi connectivity index (χ1v) is 6.57. The number of aromatic hydroxyl groups is 1. The summed E-state index contributed by atoms with van der Waals surface area (Å²) in [7, 11) is 0. The first-order chi connectivity index (χ1) is 7.75. The summed E-state index contributed by atoms with van der Waals surface area (Å²) in [6, 6.07) is 5.44. The zero-order valence-corrected chi connectivity index (χ0v) is 10.0. The Kier molecular flexibility index (Phi) is 3.96. The van der Waals surface area contributed by atoms with Crippen LogP contribution in [0.2, 0.25) is 0 Å². The van der Waals surface area contributed by atoms with E-state index in [2.05, 4.69) is 0 Å². The van der Waals surface area contributed by atoms with Crippen molar-refractivity contribution in [2.45, 2.75) is 23.8 Å². The lowest BCUT2D eigenvalue weighted by molar-refractivity contribution is 0.1000. The molecule has 1 aromatic rings. The molecule has 3 nitrogen and oxygen atoms in total. The average Bonchev–Trinajstić information content (AvgIpc) is 2.32. The molecule has 3 N–H and O–H groups in total. The number of nitrogens with two attached hydrogens (primary N) is 1. The minimum atomic E-state index is 0.166. The molecule has 4 heteroatoms. The van der Waals surface area contributed by atoms with Gasteiger partial charge in [-0.3, -0.25) is 0 Å². The average molecular weight is 239 g/mol. The molecule has 2 rings (SSSR count). The number of anilines is 1. The number of phenolic OH excluding ortho intramolecular Hbond substituents is 1. The van der Waals surface area contributed by atoms with Crippen LogP contribution in [0.15, 0.2) is 18.2 Å². The predicted molar refractivity (Wildman–Crippen MR) is 67.7 cm³/mol. The van der Waals surface area contributed by atoms with Crippen molar-refractivity contribution in [1.29, 1.82) is 0 Å². The highest BCUT2D eigenvalue weighted by molar-refractivity contribution is 7.99. The summed E-state index contributed by atoms with van der Waals surface area (Å²) >= 11 is 1.95. The minimum Gasteiger partial charge on any atom is -0.506 e. The van der Waals surface area contributed by atoms with Crippen LogP contribution in [-0.4, -0.2) is 23.6 Å². The Bertz CT molecular complexity index is 351. The van der Waals surface area contributed by atoms with Crippen LogP contribution in [0, 0.1) is 0 Å². The lowest BCUT2D eigenvalue weighted by Crippen LogP contribution is -2.17. The molecule has 0 amide bonds. The van der Waals surface area contributed by atoms with Crippen molar-refractivity contribution in [3.05, 3.63) is 23.8 Å². The number of hydrogen-bond donors (Lipinski definition) is 2. The van der Waals surface area contributed by atoms with Crippen LogP contribution in [0.5, 0.6) is 5.75 Å². The number of thioether (sulfide) groups is 1. The van der Waals surface area contributed by atoms with E-state index in [-0.39, 0.29) is 5.75 Å². The fraction of sp³-hybridized carbons (Fsp3) is 0.500. The summed E-state index contributed by atoms with van der Waals surface area (Å²) in [5.74, 6) is 1.12. The van der Waals surface area contributed by atoms with Gasteiger partial charge in [-0.2, -0.15) is 11.8 Å². The van der Waals surface area contributed by atoms with Crippen LogP contribution in [0.4, 0.5) is 5.69 Å². The van der Waals surface area contributed by atoms with E-state index in [1.165, 1.54) is 5.56 Å². The van der Waals surface area contributed by atoms with E-state index in [4.69, 9.17) is 10.5 Å². The zero-order chi connectivity index (χ0) is 11.4. The summed E-state index contributed by atoms with van der Waals surface area (Å²) in [5.41, 5.74) is 7.29. The molecule has 1 fully saturated rings. The van der Waals surface area contributed by atoms with Crippen molar-refractivity contribution in [2.75, 3.05) is 18.9 Å². The largest absolute Gasteiger partial charge is 0.506 e. The van der Waals surface area contributed by atoms with Gasteiger partial charge < -0.3 is 15.6 Å². The Morgan fingerprint density at radius 1 is 1.38 bits per heavy atom. The Labute approximate surface area is 100.0 Å². The van der Waals surface area contributed by atoms with Gasteiger partial charge in [0.05, 0.1) is 5.69 Å². The molecule has 88 valence electrons. The van der Waals surface area contributed by atoms with Crippen molar-refractivity contribution in [3.63, 3.8) is 0 Å². The standard InChI is InChI=1S/C12H17NO2S/c13-11-7-9(1-2-12(11)14)8-16-10-3-5-15-6-4-10/h1-2,7,10,14H,3-6,8,13H2. The second-order valence-corrected chi connectivity index (χ2v) is 5.30. The quantitative estimate of drug-likeness (QED) is 0.628. The number of nitrogen functional groups attached to an aromatic ring is 1. The summed E-state index contributed by atoms with van der Waals surface area (Å²) in [4.78, 5) is 0. The van der Waals surface area contributed by atoms with Crippen molar-refractivity contribution in [3.8, 4) is 5.75 Å². The number of ether oxygens (including phenoxy) is 1. The molecule has 0 spiro atoms. The van der Waals surface area contributed by atoms with Crippen LogP contribution in [0.25, 0.3) is 0 Å². The first kappa shape index (κ1) is 11.6. The van der Waals surface area contributed by atoms with Gasteiger partial charge in [-0.05, 0) is 30.5 Å². The molecule has 1 heterocycles. The highest BCUT2D eigenvalue weighted by Crippen LogP contribution is 2.28. The zero-order valence-electron chi connectivity index (χ0n) is 9.19. The third kappa shape index (κ3) is 3.06. The maximum absolute atomic E-state index is 9.31. The van der Waals surface area contributed by atoms with Crippen molar-refractivity contribution in [2.24, 2.45) is 0 Å². The minimum absolute atomic E-state index is 0.166. The van der Waals surface area contributed by atoms with Gasteiger partial charge in [0, 0.05) is 24.2 Å². The summed E-state index contributed by atoms with van der Waals surface area (Å²) < 4.78 is 5.32. The van der Waals surface area contributed by atoms with Gasteiger partial charge in [0.25, 0.3) is 0 Å². The molecule has 0 radical (unpaired) electrons. The van der Waals surface area contributed by atoms with E-state index in [1.807, 2.05) is 23.9 Å². The van der Waals surface area contributed by atoms with Crippen LogP contribution in [-0.2, 0) is 10.5 Å². The topological polar surface area (TPSA) is 55.5 Å². The number of benzene rings is 1. The van der Waals surface area contributed by atoms with Crippen molar-refractivity contribution >= 4 is 17.4 Å². The van der Waals surface area contributed by atoms with E-state index >= 15 is 0 Å². The molecular weight excluding hydrogens is 222 g/mol. The van der Waals surface area contributed by atoms with Gasteiger partial charge in [-0.25, -0.2) is 0 Å². The third-order valence-corrected chi connectivity index (χ3v) is 4.19. The van der Waals surface area contributed by atoms with Gasteiger partial charge in [-0.15, -0.1) is 0 Å². The highest BCUT2D eigenvalue weighted by atomic mass is 32.2. The second-order valence-electron chi connectivity index (χ2n) is 4.02. The fourth-order valence-corrected chi connectivity index (χ4v) is 2.88. The number of phenols is 1. The smallest absolute Gasteiger partial charge is 0.138 e. The lowest BCUT2D eigenvalue weighted by atomic mass is 10.2. The molecule has 16 heavy (non-hydrogen) atoms. The molecule has 0 bridgehead atoms. The van der Waals surface area contributed by atoms with Crippen LogP contribution < -0.4 is 5.73 Å². The van der Waals surface area contributed by atoms with Gasteiger partial charge in [-0.1, -0.05) is 6.07 Å². The summed E-state index contributed by atoms with van der Waals surface area (Å²) in [5, 5.41) is 10.0. The third-order valence-electron chi connectivity index (χ3n) is 2.75. The maximum atomic E-state index is 9.31. The van der Waals surface area contributed by atoms with Gasteiger partial charge in [0.1, 0.15) is 5.75 Å². The SMILES string of the molecule is Nc1cc(CSC2CCOCC2)ccc1O. The van der Waals surface area contributed by atoms with E-state index in [0.29, 0.717) is 10.9 Å². The molecule has 1 aliphatic heterocycles. The monoisotopic (exact) mass is 239 g/mol. The van der Waals surface area contributed by atoms with Crippen LogP contribution in [0.1, 0.15) is 18.4 Å². The normalized spacial score (nSPS) is 17.5. The van der Waals surface area contributed by atoms with Crippen LogP contribution >= 0.6 is 11.8 Å². The molecule has 1 aromatic carbocycles. The number of rotatable bonds is 3. The first-order valence-electron chi connectivity index (χ1n) is 5.52. The lowest BCUT2D eigenvalue weighted by Gasteiger charge is -2.21. The van der Waals surface area contributed by atoms with E-state index in [1.54, 1.807) is 6.07 Å². The maximum Gasteiger partial charge on any atom is 0.138 e. The number of hydrogen-bond acceptors (Lipinski definition) is 4. The van der Waals surface area contributed by atoms with Crippen molar-refractivity contribution in [1.82, 2.24) is 0 Å². The highest BCUT2D eigenvalue weighted by Gasteiger charge is 2.14. The molecular formula is C12H17NO2S. The second kappa shape index (κ2) is 5.46. The molecule has 0 saturated carbocycles. The van der Waals surface area contributed by atoms with Crippen LogP contribution in [0.3, 0.4) is 0 Å². The Morgan fingerprint density at radius 3 is 2.81 bits per heavy atom. The molecule has 0 aromatic heterocycles. The van der Waals surface area contributed by atoms with E-state index < -0.39 is 0 Å². The van der Waals surface area contributed by atoms with Gasteiger partial charge >= 0.3 is 0 Å². The predicted octanol–water partition coefficient (Wildman–Crippen LogP) is 2.39. The molecule has 0 aliphatic carbocycles. The van der Waals surface area contributed by atoms with E-state index in [0.717, 1.165) is 31.8 Å².